The van der Waals surface area contributed by atoms with Gasteiger partial charge in [-0.15, -0.1) is 23.1 Å². The first-order chi connectivity index (χ1) is 14.2. The number of aromatic nitrogens is 3. The molecule has 2 saturated heterocycles. The Morgan fingerprint density at radius 2 is 2.17 bits per heavy atom. The Hall–Kier alpha value is -1.91. The fourth-order valence-electron chi connectivity index (χ4n) is 4.40. The molecule has 8 nitrogen and oxygen atoms in total. The predicted octanol–water partition coefficient (Wildman–Crippen LogP) is 2.22. The zero-order chi connectivity index (χ0) is 19.4. The van der Waals surface area contributed by atoms with Gasteiger partial charge in [0.2, 0.25) is 5.95 Å². The summed E-state index contributed by atoms with van der Waals surface area (Å²) in [6, 6.07) is 0.468. The molecule has 2 aromatic rings. The van der Waals surface area contributed by atoms with E-state index < -0.39 is 0 Å². The van der Waals surface area contributed by atoms with Crippen LogP contribution in [-0.2, 0) is 15.9 Å². The maximum atomic E-state index is 12.1. The van der Waals surface area contributed by atoms with E-state index in [0.717, 1.165) is 55.7 Å². The molecule has 0 unspecified atom stereocenters. The number of thiazole rings is 1. The summed E-state index contributed by atoms with van der Waals surface area (Å²) in [6.45, 7) is 3.04. The molecule has 3 fully saturated rings. The van der Waals surface area contributed by atoms with Crippen LogP contribution in [0.25, 0.3) is 0 Å². The SMILES string of the molecule is O=C(OC1CN(c2nc3c(c(NC4CC5(COC5)C4)n2)SCC3)C1)c1cscn1. The molecular formula is C19H21N5O3S2. The maximum absolute atomic E-state index is 12.1. The maximum Gasteiger partial charge on any atom is 0.358 e. The van der Waals surface area contributed by atoms with Crippen LogP contribution in [-0.4, -0.2) is 65.1 Å². The fourth-order valence-corrected chi connectivity index (χ4v) is 5.98. The minimum atomic E-state index is -0.358. The Balaban J connectivity index is 1.12. The summed E-state index contributed by atoms with van der Waals surface area (Å²) in [5, 5.41) is 5.37. The van der Waals surface area contributed by atoms with Crippen LogP contribution in [0, 0.1) is 5.41 Å². The molecule has 0 radical (unpaired) electrons. The second kappa shape index (κ2) is 6.82. The zero-order valence-electron chi connectivity index (χ0n) is 15.8. The monoisotopic (exact) mass is 431 g/mol. The summed E-state index contributed by atoms with van der Waals surface area (Å²) in [5.41, 5.74) is 3.57. The highest BCUT2D eigenvalue weighted by Crippen LogP contribution is 2.48. The minimum Gasteiger partial charge on any atom is -0.454 e. The molecule has 0 bridgehead atoms. The highest BCUT2D eigenvalue weighted by molar-refractivity contribution is 7.99. The molecule has 5 heterocycles. The fraction of sp³-hybridized carbons (Fsp3) is 0.579. The average molecular weight is 432 g/mol. The van der Waals surface area contributed by atoms with Crippen molar-refractivity contribution in [2.45, 2.75) is 36.3 Å². The van der Waals surface area contributed by atoms with Crippen LogP contribution in [0.5, 0.6) is 0 Å². The van der Waals surface area contributed by atoms with E-state index in [1.165, 1.54) is 16.2 Å². The third-order valence-corrected chi connectivity index (χ3v) is 7.78. The van der Waals surface area contributed by atoms with Gasteiger partial charge in [-0.05, 0) is 12.8 Å². The third-order valence-electron chi connectivity index (χ3n) is 6.07. The van der Waals surface area contributed by atoms with E-state index in [-0.39, 0.29) is 12.1 Å². The molecule has 1 aliphatic carbocycles. The lowest BCUT2D eigenvalue weighted by atomic mass is 9.64. The lowest BCUT2D eigenvalue weighted by molar-refractivity contribution is -0.159. The Labute approximate surface area is 176 Å². The van der Waals surface area contributed by atoms with E-state index in [0.29, 0.717) is 30.2 Å². The van der Waals surface area contributed by atoms with Crippen LogP contribution in [0.1, 0.15) is 29.0 Å². The lowest BCUT2D eigenvalue weighted by Gasteiger charge is -2.53. The smallest absolute Gasteiger partial charge is 0.358 e. The molecule has 3 aliphatic heterocycles. The first-order valence-corrected chi connectivity index (χ1v) is 11.8. The van der Waals surface area contributed by atoms with Crippen LogP contribution in [0.4, 0.5) is 11.8 Å². The van der Waals surface area contributed by atoms with E-state index in [1.54, 1.807) is 10.9 Å². The molecule has 0 aromatic carbocycles. The molecule has 29 heavy (non-hydrogen) atoms. The van der Waals surface area contributed by atoms with Crippen molar-refractivity contribution in [2.24, 2.45) is 5.41 Å². The van der Waals surface area contributed by atoms with Gasteiger partial charge in [0, 0.05) is 29.0 Å². The lowest BCUT2D eigenvalue weighted by Crippen LogP contribution is -2.56. The van der Waals surface area contributed by atoms with Crippen molar-refractivity contribution in [1.82, 2.24) is 15.0 Å². The average Bonchev–Trinajstić information content (AvgIpc) is 3.29. The Bertz CT molecular complexity index is 936. The number of fused-ring (bicyclic) bond motifs is 1. The predicted molar refractivity (Wildman–Crippen MR) is 110 cm³/mol. The van der Waals surface area contributed by atoms with Crippen LogP contribution < -0.4 is 10.2 Å². The third kappa shape index (κ3) is 3.17. The molecule has 4 aliphatic rings. The number of carbonyl (C=O) groups excluding carboxylic acids is 1. The number of hydrogen-bond acceptors (Lipinski definition) is 10. The largest absolute Gasteiger partial charge is 0.454 e. The number of carbonyl (C=O) groups is 1. The number of nitrogens with zero attached hydrogens (tertiary/aromatic N) is 4. The van der Waals surface area contributed by atoms with Gasteiger partial charge in [0.25, 0.3) is 0 Å². The van der Waals surface area contributed by atoms with Gasteiger partial charge in [-0.1, -0.05) is 0 Å². The van der Waals surface area contributed by atoms with Crippen LogP contribution >= 0.6 is 23.1 Å². The van der Waals surface area contributed by atoms with Crippen molar-refractivity contribution in [3.8, 4) is 0 Å². The Kier molecular flexibility index (Phi) is 4.21. The first kappa shape index (κ1) is 17.9. The van der Waals surface area contributed by atoms with Gasteiger partial charge in [-0.2, -0.15) is 4.98 Å². The minimum absolute atomic E-state index is 0.142. The number of thioether (sulfide) groups is 1. The van der Waals surface area contributed by atoms with E-state index in [4.69, 9.17) is 19.4 Å². The summed E-state index contributed by atoms with van der Waals surface area (Å²) < 4.78 is 10.9. The Morgan fingerprint density at radius 3 is 2.90 bits per heavy atom. The summed E-state index contributed by atoms with van der Waals surface area (Å²) in [7, 11) is 0. The quantitative estimate of drug-likeness (QED) is 0.716. The summed E-state index contributed by atoms with van der Waals surface area (Å²) in [6.07, 6.45) is 3.15. The number of anilines is 2. The van der Waals surface area contributed by atoms with Crippen LogP contribution in [0.3, 0.4) is 0 Å². The normalized spacial score (nSPS) is 22.6. The van der Waals surface area contributed by atoms with Crippen LogP contribution in [0.15, 0.2) is 15.8 Å². The summed E-state index contributed by atoms with van der Waals surface area (Å²) in [4.78, 5) is 29.0. The molecular weight excluding hydrogens is 410 g/mol. The van der Waals surface area contributed by atoms with Crippen molar-refractivity contribution < 1.29 is 14.3 Å². The molecule has 0 amide bonds. The molecule has 2 aromatic heterocycles. The number of ether oxygens (including phenoxy) is 2. The molecule has 1 N–H and O–H groups in total. The van der Waals surface area contributed by atoms with E-state index in [1.807, 2.05) is 11.8 Å². The van der Waals surface area contributed by atoms with Gasteiger partial charge >= 0.3 is 5.97 Å². The van der Waals surface area contributed by atoms with Gasteiger partial charge in [-0.25, -0.2) is 14.8 Å². The van der Waals surface area contributed by atoms with Gasteiger partial charge in [0.1, 0.15) is 11.9 Å². The molecule has 152 valence electrons. The number of esters is 1. The van der Waals surface area contributed by atoms with Gasteiger partial charge in [0.05, 0.1) is 42.4 Å². The highest BCUT2D eigenvalue weighted by Gasteiger charge is 2.50. The van der Waals surface area contributed by atoms with Crippen LogP contribution in [0.2, 0.25) is 0 Å². The van der Waals surface area contributed by atoms with Gasteiger partial charge in [0.15, 0.2) is 5.69 Å². The molecule has 10 heteroatoms. The Morgan fingerprint density at radius 1 is 1.31 bits per heavy atom. The van der Waals surface area contributed by atoms with Crippen molar-refractivity contribution in [2.75, 3.05) is 42.3 Å². The molecule has 6 rings (SSSR count). The highest BCUT2D eigenvalue weighted by atomic mass is 32.2. The molecule has 0 atom stereocenters. The number of aryl methyl sites for hydroxylation is 1. The number of hydrogen-bond donors (Lipinski definition) is 1. The summed E-state index contributed by atoms with van der Waals surface area (Å²) >= 11 is 3.23. The number of nitrogens with one attached hydrogen (secondary N) is 1. The topological polar surface area (TPSA) is 89.5 Å². The standard InChI is InChI=1S/C19H21N5O3S2/c25-17(14-7-28-10-20-14)27-12-5-24(6-12)18-22-13-1-2-29-15(13)16(23-18)21-11-3-19(4-11)8-26-9-19/h7,10-12H,1-6,8-9H2,(H,21,22,23). The van der Waals surface area contributed by atoms with E-state index in [2.05, 4.69) is 15.2 Å². The number of rotatable bonds is 5. The van der Waals surface area contributed by atoms with Crippen molar-refractivity contribution in [1.29, 1.82) is 0 Å². The van der Waals surface area contributed by atoms with E-state index >= 15 is 0 Å². The second-order valence-electron chi connectivity index (χ2n) is 8.29. The van der Waals surface area contributed by atoms with E-state index in [9.17, 15) is 4.79 Å². The second-order valence-corrected chi connectivity index (χ2v) is 10.1. The summed E-state index contributed by atoms with van der Waals surface area (Å²) in [5.74, 6) is 2.40. The van der Waals surface area contributed by atoms with Crippen molar-refractivity contribution in [3.05, 3.63) is 22.3 Å². The van der Waals surface area contributed by atoms with Gasteiger partial charge in [-0.3, -0.25) is 0 Å². The molecule has 1 spiro atoms. The first-order valence-electron chi connectivity index (χ1n) is 9.90. The molecule has 1 saturated carbocycles. The zero-order valence-corrected chi connectivity index (χ0v) is 17.4. The van der Waals surface area contributed by atoms with Crippen molar-refractivity contribution >= 4 is 40.8 Å². The van der Waals surface area contributed by atoms with Gasteiger partial charge < -0.3 is 19.7 Å². The van der Waals surface area contributed by atoms with Crippen molar-refractivity contribution in [3.63, 3.8) is 0 Å².